The molecule has 1 amide bonds. The van der Waals surface area contributed by atoms with Gasteiger partial charge in [-0.3, -0.25) is 9.48 Å². The molecular weight excluding hydrogens is 351 g/mol. The third-order valence-corrected chi connectivity index (χ3v) is 5.56. The van der Waals surface area contributed by atoms with Crippen LogP contribution in [0, 0.1) is 12.7 Å². The van der Waals surface area contributed by atoms with Gasteiger partial charge in [0.25, 0.3) is 0 Å². The SMILES string of the molecule is CCc1cc(-c2ccc(F)cc2)nn1CC(=O)N1Cc2nc(C)sc2C1. The van der Waals surface area contributed by atoms with Crippen molar-refractivity contribution in [2.75, 3.05) is 0 Å². The van der Waals surface area contributed by atoms with Crippen molar-refractivity contribution in [3.05, 3.63) is 57.4 Å². The van der Waals surface area contributed by atoms with Crippen LogP contribution >= 0.6 is 11.3 Å². The van der Waals surface area contributed by atoms with Crippen molar-refractivity contribution in [1.29, 1.82) is 0 Å². The molecule has 0 fully saturated rings. The molecule has 7 heteroatoms. The van der Waals surface area contributed by atoms with E-state index in [-0.39, 0.29) is 18.3 Å². The lowest BCUT2D eigenvalue weighted by molar-refractivity contribution is -0.132. The molecule has 4 rings (SSSR count). The zero-order valence-electron chi connectivity index (χ0n) is 14.7. The molecule has 3 aromatic rings. The van der Waals surface area contributed by atoms with E-state index >= 15 is 0 Å². The number of carbonyl (C=O) groups is 1. The topological polar surface area (TPSA) is 51.0 Å². The first kappa shape index (κ1) is 16.9. The first-order valence-electron chi connectivity index (χ1n) is 8.59. The summed E-state index contributed by atoms with van der Waals surface area (Å²) in [5.41, 5.74) is 3.60. The number of nitrogens with zero attached hydrogens (tertiary/aromatic N) is 4. The summed E-state index contributed by atoms with van der Waals surface area (Å²) in [4.78, 5) is 20.2. The molecule has 0 saturated carbocycles. The number of rotatable bonds is 4. The normalized spacial score (nSPS) is 13.3. The van der Waals surface area contributed by atoms with Gasteiger partial charge in [-0.25, -0.2) is 9.37 Å². The standard InChI is InChI=1S/C19H19FN4OS/c1-3-15-8-16(13-4-6-14(20)7-5-13)22-24(15)11-19(25)23-9-17-18(10-23)26-12(2)21-17/h4-8H,3,9-11H2,1-2H3. The molecule has 0 radical (unpaired) electrons. The van der Waals surface area contributed by atoms with Crippen molar-refractivity contribution in [2.24, 2.45) is 0 Å². The molecule has 0 atom stereocenters. The molecule has 3 heterocycles. The number of hydrogen-bond donors (Lipinski definition) is 0. The van der Waals surface area contributed by atoms with Gasteiger partial charge in [0.15, 0.2) is 0 Å². The summed E-state index contributed by atoms with van der Waals surface area (Å²) < 4.78 is 14.9. The van der Waals surface area contributed by atoms with E-state index < -0.39 is 0 Å². The van der Waals surface area contributed by atoms with Crippen molar-refractivity contribution in [3.63, 3.8) is 0 Å². The number of thiazole rings is 1. The Bertz CT molecular complexity index is 937. The maximum absolute atomic E-state index is 13.1. The van der Waals surface area contributed by atoms with Crippen LogP contribution in [0.5, 0.6) is 0 Å². The fourth-order valence-electron chi connectivity index (χ4n) is 3.21. The van der Waals surface area contributed by atoms with Crippen molar-refractivity contribution >= 4 is 17.2 Å². The molecule has 0 unspecified atom stereocenters. The highest BCUT2D eigenvalue weighted by atomic mass is 32.1. The smallest absolute Gasteiger partial charge is 0.244 e. The Morgan fingerprint density at radius 3 is 2.73 bits per heavy atom. The van der Waals surface area contributed by atoms with E-state index in [4.69, 9.17) is 0 Å². The summed E-state index contributed by atoms with van der Waals surface area (Å²) in [5, 5.41) is 5.62. The number of benzene rings is 1. The number of aryl methyl sites for hydroxylation is 2. The van der Waals surface area contributed by atoms with Crippen molar-refractivity contribution in [3.8, 4) is 11.3 Å². The number of amides is 1. The maximum atomic E-state index is 13.1. The van der Waals surface area contributed by atoms with Crippen LogP contribution in [0.2, 0.25) is 0 Å². The average Bonchev–Trinajstić information content (AvgIpc) is 3.28. The van der Waals surface area contributed by atoms with Gasteiger partial charge >= 0.3 is 0 Å². The first-order valence-corrected chi connectivity index (χ1v) is 9.40. The van der Waals surface area contributed by atoms with E-state index in [0.29, 0.717) is 13.1 Å². The Morgan fingerprint density at radius 1 is 1.27 bits per heavy atom. The Kier molecular flexibility index (Phi) is 4.32. The zero-order chi connectivity index (χ0) is 18.3. The highest BCUT2D eigenvalue weighted by molar-refractivity contribution is 7.11. The largest absolute Gasteiger partial charge is 0.330 e. The van der Waals surface area contributed by atoms with Crippen LogP contribution in [-0.2, 0) is 30.8 Å². The second kappa shape index (κ2) is 6.64. The minimum absolute atomic E-state index is 0.0382. The number of aromatic nitrogens is 3. The monoisotopic (exact) mass is 370 g/mol. The van der Waals surface area contributed by atoms with Crippen LogP contribution in [-0.4, -0.2) is 25.6 Å². The lowest BCUT2D eigenvalue weighted by Crippen LogP contribution is -2.30. The van der Waals surface area contributed by atoms with E-state index in [0.717, 1.165) is 34.1 Å². The molecule has 1 aliphatic rings. The molecule has 0 saturated heterocycles. The molecular formula is C19H19FN4OS. The summed E-state index contributed by atoms with van der Waals surface area (Å²) >= 11 is 1.66. The third kappa shape index (κ3) is 3.14. The fraction of sp³-hybridized carbons (Fsp3) is 0.316. The molecule has 0 bridgehead atoms. The predicted octanol–water partition coefficient (Wildman–Crippen LogP) is 3.56. The number of carbonyl (C=O) groups excluding carboxylic acids is 1. The summed E-state index contributed by atoms with van der Waals surface area (Å²) in [6.07, 6.45) is 0.773. The fourth-order valence-corrected chi connectivity index (χ4v) is 4.17. The van der Waals surface area contributed by atoms with E-state index in [1.807, 2.05) is 24.8 Å². The number of hydrogen-bond acceptors (Lipinski definition) is 4. The van der Waals surface area contributed by atoms with Gasteiger partial charge in [0.1, 0.15) is 12.4 Å². The molecule has 134 valence electrons. The Labute approximate surface area is 155 Å². The Hall–Kier alpha value is -2.54. The van der Waals surface area contributed by atoms with Crippen LogP contribution in [0.3, 0.4) is 0 Å². The predicted molar refractivity (Wildman–Crippen MR) is 98.1 cm³/mol. The van der Waals surface area contributed by atoms with Crippen LogP contribution in [0.25, 0.3) is 11.3 Å². The third-order valence-electron chi connectivity index (χ3n) is 4.56. The molecule has 26 heavy (non-hydrogen) atoms. The number of fused-ring (bicyclic) bond motifs is 1. The Balaban J connectivity index is 1.51. The van der Waals surface area contributed by atoms with Crippen LogP contribution in [0.1, 0.15) is 28.2 Å². The lowest BCUT2D eigenvalue weighted by atomic mass is 10.1. The lowest BCUT2D eigenvalue weighted by Gasteiger charge is -2.16. The molecule has 0 spiro atoms. The summed E-state index contributed by atoms with van der Waals surface area (Å²) in [5.74, 6) is -0.235. The van der Waals surface area contributed by atoms with Crippen LogP contribution in [0.4, 0.5) is 4.39 Å². The maximum Gasteiger partial charge on any atom is 0.244 e. The highest BCUT2D eigenvalue weighted by Crippen LogP contribution is 2.28. The number of halogens is 1. The summed E-state index contributed by atoms with van der Waals surface area (Å²) in [7, 11) is 0. The molecule has 5 nitrogen and oxygen atoms in total. The van der Waals surface area contributed by atoms with Gasteiger partial charge in [-0.15, -0.1) is 11.3 Å². The van der Waals surface area contributed by atoms with Crippen molar-refractivity contribution < 1.29 is 9.18 Å². The second-order valence-electron chi connectivity index (χ2n) is 6.39. The van der Waals surface area contributed by atoms with E-state index in [1.165, 1.54) is 17.0 Å². The van der Waals surface area contributed by atoms with Gasteiger partial charge in [-0.2, -0.15) is 5.10 Å². The van der Waals surface area contributed by atoms with Crippen LogP contribution < -0.4 is 0 Å². The summed E-state index contributed by atoms with van der Waals surface area (Å²) in [6.45, 7) is 5.44. The van der Waals surface area contributed by atoms with Gasteiger partial charge in [0.2, 0.25) is 5.91 Å². The summed E-state index contributed by atoms with van der Waals surface area (Å²) in [6, 6.07) is 8.21. The minimum atomic E-state index is -0.274. The van der Waals surface area contributed by atoms with Crippen molar-refractivity contribution in [1.82, 2.24) is 19.7 Å². The average molecular weight is 370 g/mol. The quantitative estimate of drug-likeness (QED) is 0.706. The Morgan fingerprint density at radius 2 is 2.04 bits per heavy atom. The van der Waals surface area contributed by atoms with E-state index in [2.05, 4.69) is 10.1 Å². The van der Waals surface area contributed by atoms with Gasteiger partial charge < -0.3 is 4.90 Å². The first-order chi connectivity index (χ1) is 12.5. The van der Waals surface area contributed by atoms with Crippen molar-refractivity contribution in [2.45, 2.75) is 39.9 Å². The molecule has 0 aliphatic carbocycles. The van der Waals surface area contributed by atoms with Gasteiger partial charge in [-0.05, 0) is 43.7 Å². The highest BCUT2D eigenvalue weighted by Gasteiger charge is 2.27. The van der Waals surface area contributed by atoms with Gasteiger partial charge in [-0.1, -0.05) is 6.92 Å². The van der Waals surface area contributed by atoms with E-state index in [1.54, 1.807) is 28.2 Å². The molecule has 2 aromatic heterocycles. The molecule has 1 aliphatic heterocycles. The molecule has 1 aromatic carbocycles. The minimum Gasteiger partial charge on any atom is -0.330 e. The van der Waals surface area contributed by atoms with Gasteiger partial charge in [0.05, 0.1) is 29.5 Å². The second-order valence-corrected chi connectivity index (χ2v) is 7.68. The van der Waals surface area contributed by atoms with E-state index in [9.17, 15) is 9.18 Å². The molecule has 0 N–H and O–H groups in total. The zero-order valence-corrected chi connectivity index (χ0v) is 15.5. The van der Waals surface area contributed by atoms with Gasteiger partial charge in [0, 0.05) is 16.1 Å². The van der Waals surface area contributed by atoms with Crippen LogP contribution in [0.15, 0.2) is 30.3 Å².